The number of benzene rings is 3. The molecular weight excluding hydrogens is 582 g/mol. The first kappa shape index (κ1) is 31.8. The van der Waals surface area contributed by atoms with Crippen LogP contribution in [0.4, 0.5) is 5.69 Å². The van der Waals surface area contributed by atoms with Crippen LogP contribution in [0, 0.1) is 0 Å². The number of primary amides is 1. The Hall–Kier alpha value is -3.64. The van der Waals surface area contributed by atoms with Crippen LogP contribution in [0.2, 0.25) is 0 Å². The second kappa shape index (κ2) is 14.4. The summed E-state index contributed by atoms with van der Waals surface area (Å²) in [6, 6.07) is 19.6. The maximum Gasteiger partial charge on any atom is 0.249 e. The van der Waals surface area contributed by atoms with E-state index < -0.39 is 21.7 Å². The summed E-state index contributed by atoms with van der Waals surface area (Å²) in [6.07, 6.45) is 0.797. The number of ether oxygens (including phenoxy) is 3. The van der Waals surface area contributed by atoms with Gasteiger partial charge in [-0.25, -0.2) is 8.42 Å². The molecular formula is C33H41N3O7S. The molecule has 5 rings (SSSR count). The number of carbonyl (C=O) groups excluding carboxylic acids is 1. The zero-order chi connectivity index (χ0) is 31.1. The van der Waals surface area contributed by atoms with Gasteiger partial charge in [-0.15, -0.1) is 0 Å². The molecule has 0 radical (unpaired) electrons. The molecule has 3 aromatic carbocycles. The van der Waals surface area contributed by atoms with Crippen LogP contribution in [0.25, 0.3) is 0 Å². The molecule has 10 nitrogen and oxygen atoms in total. The highest BCUT2D eigenvalue weighted by atomic mass is 32.2. The first-order valence-corrected chi connectivity index (χ1v) is 16.7. The molecule has 0 aromatic heterocycles. The molecule has 2 aliphatic heterocycles. The zero-order valence-corrected chi connectivity index (χ0v) is 25.9. The van der Waals surface area contributed by atoms with E-state index in [-0.39, 0.29) is 23.4 Å². The van der Waals surface area contributed by atoms with Gasteiger partial charge < -0.3 is 30.0 Å². The summed E-state index contributed by atoms with van der Waals surface area (Å²) in [6.45, 7) is 7.65. The lowest BCUT2D eigenvalue weighted by atomic mass is 9.88. The highest BCUT2D eigenvalue weighted by molar-refractivity contribution is 7.91. The number of morpholine rings is 1. The first-order valence-electron chi connectivity index (χ1n) is 15.1. The summed E-state index contributed by atoms with van der Waals surface area (Å²) in [4.78, 5) is 17.1. The average molecular weight is 624 g/mol. The summed E-state index contributed by atoms with van der Waals surface area (Å²) in [5.74, 6) is 0.433. The van der Waals surface area contributed by atoms with Gasteiger partial charge in [0.15, 0.2) is 9.84 Å². The second-order valence-electron chi connectivity index (χ2n) is 11.1. The number of nitrogens with zero attached hydrogens (tertiary/aromatic N) is 2. The monoisotopic (exact) mass is 623 g/mol. The Balaban J connectivity index is 1.23. The Labute approximate surface area is 259 Å². The largest absolute Gasteiger partial charge is 0.492 e. The van der Waals surface area contributed by atoms with Crippen LogP contribution in [0.3, 0.4) is 0 Å². The van der Waals surface area contributed by atoms with Crippen molar-refractivity contribution in [2.24, 2.45) is 5.73 Å². The fourth-order valence-electron chi connectivity index (χ4n) is 5.70. The topological polar surface area (TPSA) is 132 Å². The Bertz CT molecular complexity index is 1510. The quantitative estimate of drug-likeness (QED) is 0.295. The molecule has 2 atom stereocenters. The second-order valence-corrected chi connectivity index (χ2v) is 13.4. The molecule has 0 saturated carbocycles. The van der Waals surface area contributed by atoms with Gasteiger partial charge in [-0.05, 0) is 65.7 Å². The molecule has 2 saturated heterocycles. The minimum atomic E-state index is -3.36. The van der Waals surface area contributed by atoms with Gasteiger partial charge in [0.1, 0.15) is 24.2 Å². The molecule has 236 valence electrons. The van der Waals surface area contributed by atoms with E-state index in [0.29, 0.717) is 29.8 Å². The summed E-state index contributed by atoms with van der Waals surface area (Å²) in [5.41, 5.74) is 8.22. The Kier molecular flexibility index (Phi) is 10.4. The van der Waals surface area contributed by atoms with Gasteiger partial charge >= 0.3 is 0 Å². The van der Waals surface area contributed by atoms with Gasteiger partial charge in [0, 0.05) is 49.8 Å². The maximum atomic E-state index is 12.4. The predicted molar refractivity (Wildman–Crippen MR) is 168 cm³/mol. The molecule has 3 N–H and O–H groups in total. The average Bonchev–Trinajstić information content (AvgIpc) is 3.51. The maximum absolute atomic E-state index is 12.4. The molecule has 2 heterocycles. The predicted octanol–water partition coefficient (Wildman–Crippen LogP) is 3.07. The number of rotatable bonds is 13. The standard InChI is InChI=1S/C33H41N3O7S/c1-2-44(39,40)29-10-3-24(4-11-29)32(23-37)31-21-25(5-12-30(31)33(34)38)36-14-13-28(22-36)43-27-8-6-26(7-9-27)42-20-17-35-15-18-41-19-16-35/h3-12,21,28,32,37H,2,13-20,22-23H2,1H3,(H2,34,38)/t28?,32-/m1/s1. The third-order valence-electron chi connectivity index (χ3n) is 8.30. The van der Waals surface area contributed by atoms with E-state index in [2.05, 4.69) is 9.80 Å². The molecule has 2 aliphatic rings. The SMILES string of the molecule is CCS(=O)(=O)c1ccc([C@@H](CO)c2cc(N3CCC(Oc4ccc(OCCN5CCOCC5)cc4)C3)ccc2C(N)=O)cc1. The van der Waals surface area contributed by atoms with Crippen molar-refractivity contribution >= 4 is 21.4 Å². The van der Waals surface area contributed by atoms with Gasteiger partial charge in [0.2, 0.25) is 5.91 Å². The minimum Gasteiger partial charge on any atom is -0.492 e. The molecule has 3 aromatic rings. The Morgan fingerprint density at radius 3 is 2.39 bits per heavy atom. The normalized spacial score (nSPS) is 18.2. The van der Waals surface area contributed by atoms with Crippen molar-refractivity contribution in [1.82, 2.24) is 4.90 Å². The van der Waals surface area contributed by atoms with Gasteiger partial charge in [-0.1, -0.05) is 19.1 Å². The van der Waals surface area contributed by atoms with Crippen molar-refractivity contribution in [2.75, 3.05) is 69.8 Å². The number of aliphatic hydroxyl groups is 1. The molecule has 44 heavy (non-hydrogen) atoms. The van der Waals surface area contributed by atoms with Crippen molar-refractivity contribution in [3.63, 3.8) is 0 Å². The number of sulfone groups is 1. The van der Waals surface area contributed by atoms with Gasteiger partial charge in [0.05, 0.1) is 37.0 Å². The van der Waals surface area contributed by atoms with E-state index in [1.807, 2.05) is 36.4 Å². The number of carbonyl (C=O) groups is 1. The van der Waals surface area contributed by atoms with Crippen LogP contribution >= 0.6 is 0 Å². The van der Waals surface area contributed by atoms with Crippen LogP contribution in [0.1, 0.15) is 40.7 Å². The van der Waals surface area contributed by atoms with E-state index in [9.17, 15) is 18.3 Å². The highest BCUT2D eigenvalue weighted by Crippen LogP contribution is 2.33. The van der Waals surface area contributed by atoms with Crippen LogP contribution in [-0.4, -0.2) is 95.3 Å². The molecule has 11 heteroatoms. The van der Waals surface area contributed by atoms with Crippen LogP contribution in [-0.2, 0) is 14.6 Å². The van der Waals surface area contributed by atoms with E-state index in [0.717, 1.165) is 63.0 Å². The van der Waals surface area contributed by atoms with E-state index in [1.54, 1.807) is 25.1 Å². The molecule has 1 amide bonds. The fourth-order valence-corrected chi connectivity index (χ4v) is 6.58. The smallest absolute Gasteiger partial charge is 0.249 e. The lowest BCUT2D eigenvalue weighted by Crippen LogP contribution is -2.38. The zero-order valence-electron chi connectivity index (χ0n) is 25.1. The Morgan fingerprint density at radius 1 is 1.02 bits per heavy atom. The number of anilines is 1. The van der Waals surface area contributed by atoms with Crippen LogP contribution < -0.4 is 20.1 Å². The van der Waals surface area contributed by atoms with E-state index in [4.69, 9.17) is 19.9 Å². The lowest BCUT2D eigenvalue weighted by Gasteiger charge is -2.26. The van der Waals surface area contributed by atoms with Crippen LogP contribution in [0.15, 0.2) is 71.6 Å². The molecule has 2 fully saturated rings. The van der Waals surface area contributed by atoms with Gasteiger partial charge in [-0.2, -0.15) is 0 Å². The van der Waals surface area contributed by atoms with Crippen molar-refractivity contribution < 1.29 is 32.5 Å². The van der Waals surface area contributed by atoms with Crippen LogP contribution in [0.5, 0.6) is 11.5 Å². The lowest BCUT2D eigenvalue weighted by molar-refractivity contribution is 0.0322. The van der Waals surface area contributed by atoms with Crippen molar-refractivity contribution in [3.05, 3.63) is 83.4 Å². The fraction of sp³-hybridized carbons (Fsp3) is 0.424. The summed E-state index contributed by atoms with van der Waals surface area (Å²) < 4.78 is 42.1. The van der Waals surface area contributed by atoms with Gasteiger partial charge in [0.25, 0.3) is 0 Å². The molecule has 0 spiro atoms. The van der Waals surface area contributed by atoms with Crippen molar-refractivity contribution in [3.8, 4) is 11.5 Å². The van der Waals surface area contributed by atoms with Crippen molar-refractivity contribution in [2.45, 2.75) is 30.3 Å². The number of aliphatic hydroxyl groups excluding tert-OH is 1. The number of nitrogens with two attached hydrogens (primary N) is 1. The van der Waals surface area contributed by atoms with E-state index in [1.165, 1.54) is 12.1 Å². The molecule has 1 unspecified atom stereocenters. The first-order chi connectivity index (χ1) is 21.3. The number of hydrogen-bond acceptors (Lipinski definition) is 9. The number of amides is 1. The summed E-state index contributed by atoms with van der Waals surface area (Å²) >= 11 is 0. The van der Waals surface area contributed by atoms with Gasteiger partial charge in [-0.3, -0.25) is 9.69 Å². The summed E-state index contributed by atoms with van der Waals surface area (Å²) in [5, 5.41) is 10.4. The third kappa shape index (κ3) is 7.71. The number of hydrogen-bond donors (Lipinski definition) is 2. The summed E-state index contributed by atoms with van der Waals surface area (Å²) in [7, 11) is -3.36. The Morgan fingerprint density at radius 2 is 1.73 bits per heavy atom. The minimum absolute atomic E-state index is 0.000352. The third-order valence-corrected chi connectivity index (χ3v) is 10.0. The highest BCUT2D eigenvalue weighted by Gasteiger charge is 2.27. The molecule has 0 aliphatic carbocycles. The van der Waals surface area contributed by atoms with E-state index >= 15 is 0 Å². The molecule has 0 bridgehead atoms. The van der Waals surface area contributed by atoms with Crippen molar-refractivity contribution in [1.29, 1.82) is 0 Å².